The van der Waals surface area contributed by atoms with Crippen LogP contribution in [0.2, 0.25) is 0 Å². The maximum atomic E-state index is 6.03. The normalized spacial score (nSPS) is 26.1. The van der Waals surface area contributed by atoms with E-state index in [9.17, 15) is 0 Å². The summed E-state index contributed by atoms with van der Waals surface area (Å²) < 4.78 is 5.65. The molecule has 1 aliphatic rings. The molecule has 3 N–H and O–H groups in total. The fraction of sp³-hybridized carbons (Fsp3) is 0.400. The minimum Gasteiger partial charge on any atom is -0.376 e. The molecule has 0 aliphatic heterocycles. The molecule has 3 rings (SSSR count). The number of anilines is 1. The van der Waals surface area contributed by atoms with Crippen molar-refractivity contribution < 1.29 is 4.74 Å². The molecule has 100 valence electrons. The van der Waals surface area contributed by atoms with E-state index in [-0.39, 0.29) is 18.2 Å². The molecule has 0 bridgehead atoms. The van der Waals surface area contributed by atoms with Crippen molar-refractivity contribution in [3.63, 3.8) is 0 Å². The van der Waals surface area contributed by atoms with Crippen LogP contribution in [0.4, 0.5) is 5.82 Å². The van der Waals surface area contributed by atoms with E-state index in [2.05, 4.69) is 22.4 Å². The van der Waals surface area contributed by atoms with Gasteiger partial charge < -0.3 is 15.8 Å². The Kier molecular flexibility index (Phi) is 3.36. The van der Waals surface area contributed by atoms with Gasteiger partial charge in [0.25, 0.3) is 0 Å². The Morgan fingerprint density at radius 1 is 1.32 bits per heavy atom. The third-order valence-corrected chi connectivity index (χ3v) is 3.66. The SMILES string of the molecule is CCOC1CC(N)C1Nc1ccc2ccccc2n1. The van der Waals surface area contributed by atoms with Crippen molar-refractivity contribution in [1.29, 1.82) is 0 Å². The van der Waals surface area contributed by atoms with E-state index in [1.165, 1.54) is 0 Å². The van der Waals surface area contributed by atoms with Crippen LogP contribution in [0.5, 0.6) is 0 Å². The molecule has 1 aromatic heterocycles. The molecule has 3 atom stereocenters. The lowest BCUT2D eigenvalue weighted by Crippen LogP contribution is -2.60. The highest BCUT2D eigenvalue weighted by Gasteiger charge is 2.39. The van der Waals surface area contributed by atoms with Crippen LogP contribution in [0.3, 0.4) is 0 Å². The van der Waals surface area contributed by atoms with Gasteiger partial charge in [-0.15, -0.1) is 0 Å². The third kappa shape index (κ3) is 2.41. The van der Waals surface area contributed by atoms with E-state index in [1.54, 1.807) is 0 Å². The monoisotopic (exact) mass is 257 g/mol. The third-order valence-electron chi connectivity index (χ3n) is 3.66. The first-order valence-electron chi connectivity index (χ1n) is 6.77. The molecule has 0 saturated heterocycles. The average molecular weight is 257 g/mol. The molecule has 0 spiro atoms. The summed E-state index contributed by atoms with van der Waals surface area (Å²) in [5, 5.41) is 4.54. The molecular weight excluding hydrogens is 238 g/mol. The number of fused-ring (bicyclic) bond motifs is 1. The fourth-order valence-electron chi connectivity index (χ4n) is 2.54. The Labute approximate surface area is 113 Å². The summed E-state index contributed by atoms with van der Waals surface area (Å²) in [4.78, 5) is 4.60. The number of pyridine rings is 1. The molecule has 0 amide bonds. The maximum absolute atomic E-state index is 6.03. The second-order valence-corrected chi connectivity index (χ2v) is 4.95. The zero-order valence-corrected chi connectivity index (χ0v) is 11.0. The van der Waals surface area contributed by atoms with Crippen LogP contribution in [0, 0.1) is 0 Å². The van der Waals surface area contributed by atoms with Crippen molar-refractivity contribution in [2.75, 3.05) is 11.9 Å². The smallest absolute Gasteiger partial charge is 0.127 e. The number of nitrogens with zero attached hydrogens (tertiary/aromatic N) is 1. The van der Waals surface area contributed by atoms with Gasteiger partial charge in [-0.1, -0.05) is 18.2 Å². The Morgan fingerprint density at radius 3 is 2.95 bits per heavy atom. The average Bonchev–Trinajstić information content (AvgIpc) is 2.44. The van der Waals surface area contributed by atoms with Crippen LogP contribution in [-0.2, 0) is 4.74 Å². The Morgan fingerprint density at radius 2 is 2.16 bits per heavy atom. The van der Waals surface area contributed by atoms with E-state index >= 15 is 0 Å². The van der Waals surface area contributed by atoms with Crippen molar-refractivity contribution >= 4 is 16.7 Å². The minimum absolute atomic E-state index is 0.143. The second kappa shape index (κ2) is 5.15. The number of rotatable bonds is 4. The van der Waals surface area contributed by atoms with E-state index in [4.69, 9.17) is 10.5 Å². The molecule has 2 aromatic rings. The van der Waals surface area contributed by atoms with Crippen molar-refractivity contribution in [3.05, 3.63) is 36.4 Å². The fourth-order valence-corrected chi connectivity index (χ4v) is 2.54. The van der Waals surface area contributed by atoms with Gasteiger partial charge in [-0.2, -0.15) is 0 Å². The van der Waals surface area contributed by atoms with Crippen LogP contribution >= 0.6 is 0 Å². The summed E-state index contributed by atoms with van der Waals surface area (Å²) in [6.07, 6.45) is 1.12. The van der Waals surface area contributed by atoms with Gasteiger partial charge in [-0.25, -0.2) is 4.98 Å². The second-order valence-electron chi connectivity index (χ2n) is 4.95. The van der Waals surface area contributed by atoms with Gasteiger partial charge in [-0.05, 0) is 31.5 Å². The van der Waals surface area contributed by atoms with E-state index in [0.29, 0.717) is 0 Å². The number of hydrogen-bond donors (Lipinski definition) is 2. The van der Waals surface area contributed by atoms with E-state index in [1.807, 2.05) is 31.2 Å². The molecule has 3 unspecified atom stereocenters. The molecule has 1 saturated carbocycles. The molecule has 1 aliphatic carbocycles. The molecule has 19 heavy (non-hydrogen) atoms. The number of nitrogens with two attached hydrogens (primary N) is 1. The number of hydrogen-bond acceptors (Lipinski definition) is 4. The quantitative estimate of drug-likeness (QED) is 0.881. The van der Waals surface area contributed by atoms with Gasteiger partial charge in [0.05, 0.1) is 17.7 Å². The zero-order chi connectivity index (χ0) is 13.2. The maximum Gasteiger partial charge on any atom is 0.127 e. The number of nitrogens with one attached hydrogen (secondary N) is 1. The summed E-state index contributed by atoms with van der Waals surface area (Å²) in [7, 11) is 0. The van der Waals surface area contributed by atoms with Gasteiger partial charge in [0.1, 0.15) is 5.82 Å². The van der Waals surface area contributed by atoms with Crippen LogP contribution < -0.4 is 11.1 Å². The lowest BCUT2D eigenvalue weighted by atomic mass is 9.83. The van der Waals surface area contributed by atoms with Gasteiger partial charge in [-0.3, -0.25) is 0 Å². The van der Waals surface area contributed by atoms with Gasteiger partial charge in [0.15, 0.2) is 0 Å². The summed E-state index contributed by atoms with van der Waals surface area (Å²) in [6.45, 7) is 2.73. The lowest BCUT2D eigenvalue weighted by Gasteiger charge is -2.42. The highest BCUT2D eigenvalue weighted by molar-refractivity contribution is 5.80. The molecule has 1 fully saturated rings. The molecular formula is C15H19N3O. The number of para-hydroxylation sites is 1. The predicted molar refractivity (Wildman–Crippen MR) is 77.2 cm³/mol. The van der Waals surface area contributed by atoms with Gasteiger partial charge in [0.2, 0.25) is 0 Å². The Bertz CT molecular complexity index is 570. The van der Waals surface area contributed by atoms with Crippen molar-refractivity contribution in [2.24, 2.45) is 5.73 Å². The minimum atomic E-state index is 0.143. The number of aromatic nitrogens is 1. The summed E-state index contributed by atoms with van der Waals surface area (Å²) in [6, 6.07) is 12.5. The first kappa shape index (κ1) is 12.4. The van der Waals surface area contributed by atoms with E-state index < -0.39 is 0 Å². The Hall–Kier alpha value is -1.65. The predicted octanol–water partition coefficient (Wildman–Crippen LogP) is 2.15. The zero-order valence-electron chi connectivity index (χ0n) is 11.0. The molecule has 0 radical (unpaired) electrons. The van der Waals surface area contributed by atoms with Crippen molar-refractivity contribution in [3.8, 4) is 0 Å². The standard InChI is InChI=1S/C15H19N3O/c1-2-19-13-9-11(16)15(13)18-14-8-7-10-5-3-4-6-12(10)17-14/h3-8,11,13,15H,2,9,16H2,1H3,(H,17,18). The molecule has 4 heteroatoms. The highest BCUT2D eigenvalue weighted by Crippen LogP contribution is 2.26. The largest absolute Gasteiger partial charge is 0.376 e. The highest BCUT2D eigenvalue weighted by atomic mass is 16.5. The first-order chi connectivity index (χ1) is 9.28. The van der Waals surface area contributed by atoms with Crippen molar-refractivity contribution in [2.45, 2.75) is 31.5 Å². The van der Waals surface area contributed by atoms with Gasteiger partial charge >= 0.3 is 0 Å². The van der Waals surface area contributed by atoms with Gasteiger partial charge in [0, 0.05) is 18.0 Å². The molecule has 1 aromatic carbocycles. The number of ether oxygens (including phenoxy) is 1. The van der Waals surface area contributed by atoms with Crippen molar-refractivity contribution in [1.82, 2.24) is 4.98 Å². The van der Waals surface area contributed by atoms with E-state index in [0.717, 1.165) is 29.7 Å². The summed E-state index contributed by atoms with van der Waals surface area (Å²) in [5.41, 5.74) is 7.03. The lowest BCUT2D eigenvalue weighted by molar-refractivity contribution is -0.0127. The van der Waals surface area contributed by atoms with Crippen LogP contribution in [-0.4, -0.2) is 29.8 Å². The van der Waals surface area contributed by atoms with Crippen LogP contribution in [0.1, 0.15) is 13.3 Å². The summed E-state index contributed by atoms with van der Waals surface area (Å²) >= 11 is 0. The van der Waals surface area contributed by atoms with Crippen LogP contribution in [0.25, 0.3) is 10.9 Å². The molecule has 4 nitrogen and oxygen atoms in total. The van der Waals surface area contributed by atoms with Crippen LogP contribution in [0.15, 0.2) is 36.4 Å². The molecule has 1 heterocycles. The summed E-state index contributed by atoms with van der Waals surface area (Å²) in [5.74, 6) is 0.864. The number of benzene rings is 1. The Balaban J connectivity index is 1.77. The first-order valence-corrected chi connectivity index (χ1v) is 6.77. The topological polar surface area (TPSA) is 60.2 Å².